The molecule has 0 aromatic heterocycles. The largest absolute Gasteiger partial charge is 0.398 e. The number of hydrogen-bond acceptors (Lipinski definition) is 1. The Morgan fingerprint density at radius 1 is 0.722 bits per heavy atom. The highest BCUT2D eigenvalue weighted by molar-refractivity contribution is 6.30. The van der Waals surface area contributed by atoms with Gasteiger partial charge in [-0.25, -0.2) is 0 Å². The van der Waals surface area contributed by atoms with Crippen molar-refractivity contribution in [2.45, 2.75) is 0 Å². The molecule has 0 unspecified atom stereocenters. The van der Waals surface area contributed by atoms with Gasteiger partial charge in [0.05, 0.1) is 0 Å². The van der Waals surface area contributed by atoms with Crippen molar-refractivity contribution in [2.75, 3.05) is 5.73 Å². The number of halogens is 1. The van der Waals surface area contributed by atoms with E-state index in [9.17, 15) is 0 Å². The van der Waals surface area contributed by atoms with E-state index >= 15 is 0 Å². The van der Waals surface area contributed by atoms with Crippen molar-refractivity contribution >= 4 is 28.1 Å². The maximum absolute atomic E-state index is 6.01. The van der Waals surface area contributed by atoms with E-state index in [2.05, 4.69) is 12.1 Å². The van der Waals surface area contributed by atoms with Gasteiger partial charge in [-0.15, -0.1) is 0 Å². The van der Waals surface area contributed by atoms with Gasteiger partial charge in [-0.2, -0.15) is 0 Å². The first-order valence-electron chi connectivity index (χ1n) is 5.79. The molecule has 2 N–H and O–H groups in total. The van der Waals surface area contributed by atoms with E-state index in [1.165, 1.54) is 10.9 Å². The minimum Gasteiger partial charge on any atom is -0.398 e. The van der Waals surface area contributed by atoms with E-state index in [0.29, 0.717) is 0 Å². The lowest BCUT2D eigenvalue weighted by atomic mass is 9.98. The van der Waals surface area contributed by atoms with Gasteiger partial charge in [0.1, 0.15) is 0 Å². The molecule has 3 aromatic carbocycles. The van der Waals surface area contributed by atoms with Crippen LogP contribution in [0, 0.1) is 0 Å². The number of fused-ring (bicyclic) bond motifs is 1. The number of nitrogen functional groups attached to an aromatic ring is 1. The Bertz CT molecular complexity index is 702. The molecule has 0 fully saturated rings. The molecule has 0 aliphatic rings. The van der Waals surface area contributed by atoms with Crippen molar-refractivity contribution in [2.24, 2.45) is 0 Å². The van der Waals surface area contributed by atoms with Crippen molar-refractivity contribution in [3.8, 4) is 11.1 Å². The zero-order valence-electron chi connectivity index (χ0n) is 9.73. The summed E-state index contributed by atoms with van der Waals surface area (Å²) in [6, 6.07) is 20.0. The van der Waals surface area contributed by atoms with Crippen LogP contribution in [-0.4, -0.2) is 0 Å². The highest BCUT2D eigenvalue weighted by Crippen LogP contribution is 2.31. The Morgan fingerprint density at radius 3 is 2.17 bits per heavy atom. The maximum atomic E-state index is 6.01. The molecule has 0 saturated carbocycles. The van der Waals surface area contributed by atoms with Crippen LogP contribution < -0.4 is 5.73 Å². The van der Waals surface area contributed by atoms with Crippen LogP contribution in [0.4, 0.5) is 5.69 Å². The molecule has 0 spiro atoms. The molecule has 88 valence electrons. The highest BCUT2D eigenvalue weighted by atomic mass is 35.5. The fourth-order valence-electron chi connectivity index (χ4n) is 2.22. The summed E-state index contributed by atoms with van der Waals surface area (Å²) in [6.07, 6.45) is 0. The molecule has 0 aliphatic heterocycles. The summed E-state index contributed by atoms with van der Waals surface area (Å²) >= 11 is 5.92. The summed E-state index contributed by atoms with van der Waals surface area (Å²) in [5.74, 6) is 0. The third-order valence-corrected chi connectivity index (χ3v) is 3.36. The molecule has 0 heterocycles. The van der Waals surface area contributed by atoms with Crippen molar-refractivity contribution in [1.29, 1.82) is 0 Å². The third-order valence-electron chi connectivity index (χ3n) is 3.11. The quantitative estimate of drug-likeness (QED) is 0.623. The van der Waals surface area contributed by atoms with Crippen molar-refractivity contribution < 1.29 is 0 Å². The molecule has 1 nitrogen and oxygen atoms in total. The summed E-state index contributed by atoms with van der Waals surface area (Å²) in [6.45, 7) is 0. The van der Waals surface area contributed by atoms with Crippen molar-refractivity contribution in [3.05, 3.63) is 65.7 Å². The van der Waals surface area contributed by atoms with E-state index in [1.54, 1.807) is 0 Å². The smallest absolute Gasteiger partial charge is 0.0406 e. The zero-order valence-corrected chi connectivity index (χ0v) is 10.5. The van der Waals surface area contributed by atoms with Crippen LogP contribution in [0.1, 0.15) is 0 Å². The highest BCUT2D eigenvalue weighted by Gasteiger charge is 2.04. The van der Waals surface area contributed by atoms with Crippen LogP contribution in [0.2, 0.25) is 5.02 Å². The summed E-state index contributed by atoms with van der Waals surface area (Å²) < 4.78 is 0. The molecular weight excluding hydrogens is 242 g/mol. The molecular formula is C16H12ClN. The van der Waals surface area contributed by atoms with Crippen LogP contribution >= 0.6 is 11.6 Å². The van der Waals surface area contributed by atoms with Crippen LogP contribution in [-0.2, 0) is 0 Å². The average Bonchev–Trinajstić information content (AvgIpc) is 2.40. The molecule has 3 rings (SSSR count). The summed E-state index contributed by atoms with van der Waals surface area (Å²) in [5.41, 5.74) is 9.14. The number of nitrogens with two attached hydrogens (primary N) is 1. The second-order valence-electron chi connectivity index (χ2n) is 4.25. The van der Waals surface area contributed by atoms with Gasteiger partial charge in [0.15, 0.2) is 0 Å². The van der Waals surface area contributed by atoms with Gasteiger partial charge in [-0.05, 0) is 34.7 Å². The molecule has 0 atom stereocenters. The van der Waals surface area contributed by atoms with E-state index in [-0.39, 0.29) is 0 Å². The van der Waals surface area contributed by atoms with E-state index in [1.807, 2.05) is 48.5 Å². The predicted molar refractivity (Wildman–Crippen MR) is 78.8 cm³/mol. The van der Waals surface area contributed by atoms with Gasteiger partial charge in [0, 0.05) is 16.1 Å². The molecule has 18 heavy (non-hydrogen) atoms. The Kier molecular flexibility index (Phi) is 2.69. The average molecular weight is 254 g/mol. The first-order chi connectivity index (χ1) is 8.75. The first kappa shape index (κ1) is 11.1. The number of hydrogen-bond donors (Lipinski definition) is 1. The Hall–Kier alpha value is -1.99. The predicted octanol–water partition coefficient (Wildman–Crippen LogP) is 4.74. The van der Waals surface area contributed by atoms with Gasteiger partial charge in [0.25, 0.3) is 0 Å². The second kappa shape index (κ2) is 4.35. The molecule has 0 amide bonds. The van der Waals surface area contributed by atoms with Crippen LogP contribution in [0.3, 0.4) is 0 Å². The second-order valence-corrected chi connectivity index (χ2v) is 4.69. The van der Waals surface area contributed by atoms with Crippen molar-refractivity contribution in [1.82, 2.24) is 0 Å². The van der Waals surface area contributed by atoms with Gasteiger partial charge in [-0.3, -0.25) is 0 Å². The fourth-order valence-corrected chi connectivity index (χ4v) is 2.34. The molecule has 2 heteroatoms. The van der Waals surface area contributed by atoms with Gasteiger partial charge >= 0.3 is 0 Å². The molecule has 0 bridgehead atoms. The lowest BCUT2D eigenvalue weighted by Gasteiger charge is -2.08. The molecule has 0 saturated heterocycles. The number of anilines is 1. The monoisotopic (exact) mass is 253 g/mol. The SMILES string of the molecule is Nc1cccc2c(-c3ccc(Cl)cc3)cccc12. The van der Waals surface area contributed by atoms with E-state index < -0.39 is 0 Å². The van der Waals surface area contributed by atoms with Crippen LogP contribution in [0.15, 0.2) is 60.7 Å². The minimum absolute atomic E-state index is 0.749. The van der Waals surface area contributed by atoms with E-state index in [4.69, 9.17) is 17.3 Å². The molecule has 0 aliphatic carbocycles. The summed E-state index contributed by atoms with van der Waals surface area (Å²) in [4.78, 5) is 0. The number of rotatable bonds is 1. The zero-order chi connectivity index (χ0) is 12.5. The fraction of sp³-hybridized carbons (Fsp3) is 0. The standard InChI is InChI=1S/C16H12ClN/c17-12-9-7-11(8-10-12)13-3-1-5-15-14(13)4-2-6-16(15)18/h1-10H,18H2. The topological polar surface area (TPSA) is 26.0 Å². The minimum atomic E-state index is 0.749. The van der Waals surface area contributed by atoms with Gasteiger partial charge in [0.2, 0.25) is 0 Å². The lowest BCUT2D eigenvalue weighted by molar-refractivity contribution is 1.65. The Balaban J connectivity index is 2.29. The first-order valence-corrected chi connectivity index (χ1v) is 6.17. The lowest BCUT2D eigenvalue weighted by Crippen LogP contribution is -1.88. The molecule has 3 aromatic rings. The van der Waals surface area contributed by atoms with Crippen LogP contribution in [0.5, 0.6) is 0 Å². The van der Waals surface area contributed by atoms with Crippen LogP contribution in [0.25, 0.3) is 21.9 Å². The molecule has 0 radical (unpaired) electrons. The normalized spacial score (nSPS) is 10.7. The third kappa shape index (κ3) is 1.83. The van der Waals surface area contributed by atoms with E-state index in [0.717, 1.165) is 21.7 Å². The van der Waals surface area contributed by atoms with Gasteiger partial charge < -0.3 is 5.73 Å². The Labute approximate surface area is 111 Å². The summed E-state index contributed by atoms with van der Waals surface area (Å²) in [5, 5.41) is 3.00. The summed E-state index contributed by atoms with van der Waals surface area (Å²) in [7, 11) is 0. The number of benzene rings is 3. The van der Waals surface area contributed by atoms with Crippen molar-refractivity contribution in [3.63, 3.8) is 0 Å². The Morgan fingerprint density at radius 2 is 1.39 bits per heavy atom. The maximum Gasteiger partial charge on any atom is 0.0406 e. The van der Waals surface area contributed by atoms with Gasteiger partial charge in [-0.1, -0.05) is 54.1 Å².